The average molecular weight is 305 g/mol. The summed E-state index contributed by atoms with van der Waals surface area (Å²) in [6.07, 6.45) is 3.07. The molecule has 21 heavy (non-hydrogen) atoms. The highest BCUT2D eigenvalue weighted by atomic mass is 32.2. The number of nitrogens with zero attached hydrogens (tertiary/aromatic N) is 4. The van der Waals surface area contributed by atoms with Crippen LogP contribution in [0.25, 0.3) is 5.78 Å². The van der Waals surface area contributed by atoms with Gasteiger partial charge in [-0.25, -0.2) is 9.50 Å². The Balaban J connectivity index is 2.00. The second-order valence-electron chi connectivity index (χ2n) is 4.06. The zero-order valence-electron chi connectivity index (χ0n) is 11.0. The number of hydrogen-bond donors (Lipinski definition) is 1. The highest BCUT2D eigenvalue weighted by Gasteiger charge is 2.22. The SMILES string of the molecule is COc1ccccc1NS(=O)(=O)c1nc2ncccn2n1. The number of rotatable bonds is 4. The van der Waals surface area contributed by atoms with E-state index in [9.17, 15) is 8.42 Å². The van der Waals surface area contributed by atoms with Crippen LogP contribution in [0.2, 0.25) is 0 Å². The molecule has 0 fully saturated rings. The van der Waals surface area contributed by atoms with Gasteiger partial charge in [0, 0.05) is 12.4 Å². The first kappa shape index (κ1) is 13.3. The Morgan fingerprint density at radius 3 is 2.81 bits per heavy atom. The van der Waals surface area contributed by atoms with E-state index in [0.717, 1.165) is 0 Å². The van der Waals surface area contributed by atoms with Crippen LogP contribution in [0.15, 0.2) is 47.9 Å². The normalized spacial score (nSPS) is 11.5. The van der Waals surface area contributed by atoms with Crippen molar-refractivity contribution in [3.8, 4) is 5.75 Å². The van der Waals surface area contributed by atoms with Gasteiger partial charge in [-0.1, -0.05) is 12.1 Å². The van der Waals surface area contributed by atoms with Crippen LogP contribution in [0.4, 0.5) is 5.69 Å². The van der Waals surface area contributed by atoms with Crippen molar-refractivity contribution in [2.75, 3.05) is 11.8 Å². The van der Waals surface area contributed by atoms with Crippen LogP contribution in [0.1, 0.15) is 0 Å². The molecule has 0 spiro atoms. The second-order valence-corrected chi connectivity index (χ2v) is 5.64. The standard InChI is InChI=1S/C12H11N5O3S/c1-20-10-6-3-2-5-9(10)16-21(18,19)12-14-11-13-7-4-8-17(11)15-12/h2-8,16H,1H3. The Hall–Kier alpha value is -2.68. The van der Waals surface area contributed by atoms with Crippen LogP contribution >= 0.6 is 0 Å². The van der Waals surface area contributed by atoms with Crippen LogP contribution in [0, 0.1) is 0 Å². The number of fused-ring (bicyclic) bond motifs is 1. The van der Waals surface area contributed by atoms with Gasteiger partial charge >= 0.3 is 0 Å². The van der Waals surface area contributed by atoms with E-state index >= 15 is 0 Å². The molecule has 8 nitrogen and oxygen atoms in total. The van der Waals surface area contributed by atoms with E-state index in [1.54, 1.807) is 36.5 Å². The summed E-state index contributed by atoms with van der Waals surface area (Å²) >= 11 is 0. The number of anilines is 1. The lowest BCUT2D eigenvalue weighted by atomic mass is 10.3. The number of ether oxygens (including phenoxy) is 1. The number of benzene rings is 1. The fourth-order valence-electron chi connectivity index (χ4n) is 1.75. The Morgan fingerprint density at radius 2 is 2.05 bits per heavy atom. The summed E-state index contributed by atoms with van der Waals surface area (Å²) in [6, 6.07) is 8.30. The molecule has 3 rings (SSSR count). The number of sulfonamides is 1. The average Bonchev–Trinajstić information content (AvgIpc) is 2.92. The van der Waals surface area contributed by atoms with E-state index in [2.05, 4.69) is 19.8 Å². The molecule has 1 aromatic carbocycles. The maximum absolute atomic E-state index is 12.3. The molecular formula is C12H11N5O3S. The minimum Gasteiger partial charge on any atom is -0.495 e. The number of aromatic nitrogens is 4. The van der Waals surface area contributed by atoms with Crippen LogP contribution in [-0.4, -0.2) is 35.1 Å². The molecule has 108 valence electrons. The van der Waals surface area contributed by atoms with Gasteiger partial charge in [-0.05, 0) is 18.2 Å². The largest absolute Gasteiger partial charge is 0.495 e. The van der Waals surface area contributed by atoms with Gasteiger partial charge in [-0.3, -0.25) is 4.72 Å². The first-order chi connectivity index (χ1) is 10.1. The minimum absolute atomic E-state index is 0.206. The predicted molar refractivity (Wildman–Crippen MR) is 74.6 cm³/mol. The fourth-order valence-corrected chi connectivity index (χ4v) is 2.69. The van der Waals surface area contributed by atoms with E-state index in [4.69, 9.17) is 4.74 Å². The molecule has 0 aliphatic rings. The summed E-state index contributed by atoms with van der Waals surface area (Å²) < 4.78 is 33.4. The van der Waals surface area contributed by atoms with Gasteiger partial charge in [0.2, 0.25) is 0 Å². The van der Waals surface area contributed by atoms with E-state index in [-0.39, 0.29) is 10.9 Å². The topological polar surface area (TPSA) is 98.5 Å². The first-order valence-electron chi connectivity index (χ1n) is 5.93. The lowest BCUT2D eigenvalue weighted by Gasteiger charge is -2.09. The molecule has 0 atom stereocenters. The van der Waals surface area contributed by atoms with Crippen molar-refractivity contribution in [2.24, 2.45) is 0 Å². The molecule has 0 saturated heterocycles. The summed E-state index contributed by atoms with van der Waals surface area (Å²) in [5, 5.41) is 3.53. The maximum Gasteiger partial charge on any atom is 0.299 e. The van der Waals surface area contributed by atoms with Gasteiger partial charge in [0.15, 0.2) is 0 Å². The molecule has 3 aromatic rings. The Kier molecular flexibility index (Phi) is 3.18. The molecule has 0 saturated carbocycles. The van der Waals surface area contributed by atoms with Crippen LogP contribution < -0.4 is 9.46 Å². The lowest BCUT2D eigenvalue weighted by molar-refractivity contribution is 0.417. The number of nitrogens with one attached hydrogen (secondary N) is 1. The summed E-state index contributed by atoms with van der Waals surface area (Å²) in [4.78, 5) is 7.81. The first-order valence-corrected chi connectivity index (χ1v) is 7.42. The van der Waals surface area contributed by atoms with Crippen molar-refractivity contribution in [3.05, 3.63) is 42.7 Å². The summed E-state index contributed by atoms with van der Waals surface area (Å²) in [5.74, 6) is 0.612. The molecule has 0 radical (unpaired) electrons. The predicted octanol–water partition coefficient (Wildman–Crippen LogP) is 0.934. The third-order valence-corrected chi connectivity index (χ3v) is 3.83. The van der Waals surface area contributed by atoms with E-state index < -0.39 is 10.0 Å². The number of hydrogen-bond acceptors (Lipinski definition) is 6. The fraction of sp³-hybridized carbons (Fsp3) is 0.0833. The molecule has 0 bridgehead atoms. The second kappa shape index (κ2) is 5.02. The Labute approximate surface area is 120 Å². The van der Waals surface area contributed by atoms with Crippen molar-refractivity contribution in [1.82, 2.24) is 19.6 Å². The highest BCUT2D eigenvalue weighted by molar-refractivity contribution is 7.92. The van der Waals surface area contributed by atoms with Gasteiger partial charge in [0.25, 0.3) is 21.0 Å². The Bertz CT molecular complexity index is 858. The molecule has 9 heteroatoms. The van der Waals surface area contributed by atoms with Gasteiger partial charge < -0.3 is 4.74 Å². The van der Waals surface area contributed by atoms with Crippen LogP contribution in [-0.2, 0) is 10.0 Å². The molecule has 0 aliphatic heterocycles. The van der Waals surface area contributed by atoms with E-state index in [0.29, 0.717) is 11.4 Å². The third kappa shape index (κ3) is 2.50. The summed E-state index contributed by atoms with van der Waals surface area (Å²) in [6.45, 7) is 0. The smallest absolute Gasteiger partial charge is 0.299 e. The number of para-hydroxylation sites is 2. The minimum atomic E-state index is -3.92. The van der Waals surface area contributed by atoms with E-state index in [1.165, 1.54) is 17.8 Å². The van der Waals surface area contributed by atoms with Gasteiger partial charge in [0.05, 0.1) is 12.8 Å². The van der Waals surface area contributed by atoms with Gasteiger partial charge in [-0.15, -0.1) is 5.10 Å². The van der Waals surface area contributed by atoms with E-state index in [1.807, 2.05) is 0 Å². The zero-order valence-corrected chi connectivity index (χ0v) is 11.8. The molecule has 2 aromatic heterocycles. The molecule has 1 N–H and O–H groups in total. The van der Waals surface area contributed by atoms with Crippen molar-refractivity contribution in [3.63, 3.8) is 0 Å². The van der Waals surface area contributed by atoms with Gasteiger partial charge in [-0.2, -0.15) is 13.4 Å². The van der Waals surface area contributed by atoms with Crippen molar-refractivity contribution < 1.29 is 13.2 Å². The quantitative estimate of drug-likeness (QED) is 0.770. The molecule has 0 amide bonds. The van der Waals surface area contributed by atoms with Crippen LogP contribution in [0.3, 0.4) is 0 Å². The lowest BCUT2D eigenvalue weighted by Crippen LogP contribution is -2.15. The summed E-state index contributed by atoms with van der Waals surface area (Å²) in [7, 11) is -2.46. The zero-order chi connectivity index (χ0) is 14.9. The van der Waals surface area contributed by atoms with Crippen molar-refractivity contribution >= 4 is 21.5 Å². The molecule has 0 unspecified atom stereocenters. The maximum atomic E-state index is 12.3. The van der Waals surface area contributed by atoms with Crippen molar-refractivity contribution in [1.29, 1.82) is 0 Å². The summed E-state index contributed by atoms with van der Waals surface area (Å²) in [5.41, 5.74) is 0.312. The monoisotopic (exact) mass is 305 g/mol. The highest BCUT2D eigenvalue weighted by Crippen LogP contribution is 2.25. The molecule has 0 aliphatic carbocycles. The van der Waals surface area contributed by atoms with Crippen molar-refractivity contribution in [2.45, 2.75) is 5.16 Å². The van der Waals surface area contributed by atoms with Gasteiger partial charge in [0.1, 0.15) is 5.75 Å². The molecule has 2 heterocycles. The Morgan fingerprint density at radius 1 is 1.24 bits per heavy atom. The number of methoxy groups -OCH3 is 1. The molecular weight excluding hydrogens is 294 g/mol. The van der Waals surface area contributed by atoms with Crippen LogP contribution in [0.5, 0.6) is 5.75 Å². The third-order valence-electron chi connectivity index (χ3n) is 2.69.